The van der Waals surface area contributed by atoms with Gasteiger partial charge in [0.05, 0.1) is 10.6 Å². The molecular weight excluding hydrogens is 344 g/mol. The maximum Gasteiger partial charge on any atom is 0.175 e. The Labute approximate surface area is 162 Å². The van der Waals surface area contributed by atoms with Crippen molar-refractivity contribution >= 4 is 15.9 Å². The van der Waals surface area contributed by atoms with Gasteiger partial charge in [-0.25, -0.2) is 8.42 Å². The van der Waals surface area contributed by atoms with Crippen LogP contribution in [0, 0.1) is 0 Å². The molecule has 0 aliphatic rings. The smallest absolute Gasteiger partial charge is 0.175 e. The first-order valence-corrected chi connectivity index (χ1v) is 11.1. The van der Waals surface area contributed by atoms with Gasteiger partial charge >= 0.3 is 0 Å². The molecule has 150 valence electrons. The number of hydrogen-bond acceptors (Lipinski definition) is 4. The average molecular weight is 383 g/mol. The van der Waals surface area contributed by atoms with Gasteiger partial charge in [0.1, 0.15) is 0 Å². The lowest BCUT2D eigenvalue weighted by Gasteiger charge is -2.05. The summed E-state index contributed by atoms with van der Waals surface area (Å²) in [5.41, 5.74) is 3.95. The number of hydrogen-bond donors (Lipinski definition) is 0. The van der Waals surface area contributed by atoms with Crippen LogP contribution in [-0.2, 0) is 9.84 Å². The van der Waals surface area contributed by atoms with Crippen molar-refractivity contribution in [3.05, 3.63) is 46.7 Å². The zero-order chi connectivity index (χ0) is 21.3. The molecule has 0 saturated carbocycles. The molecule has 1 aromatic rings. The Morgan fingerprint density at radius 1 is 0.885 bits per heavy atom. The van der Waals surface area contributed by atoms with E-state index in [0.29, 0.717) is 4.90 Å². The van der Waals surface area contributed by atoms with E-state index in [4.69, 9.17) is 0 Å². The summed E-state index contributed by atoms with van der Waals surface area (Å²) in [6.07, 6.45) is 3.20. The van der Waals surface area contributed by atoms with Crippen molar-refractivity contribution in [2.45, 2.75) is 67.2 Å². The normalized spacial score (nSPS) is 11.9. The molecule has 0 heterocycles. The molecule has 0 radical (unpaired) electrons. The Bertz CT molecular complexity index is 668. The zero-order valence-corrected chi connectivity index (χ0v) is 19.3. The van der Waals surface area contributed by atoms with Crippen molar-refractivity contribution < 1.29 is 8.42 Å². The molecule has 1 aromatic carbocycles. The molecule has 0 unspecified atom stereocenters. The van der Waals surface area contributed by atoms with Gasteiger partial charge in [-0.3, -0.25) is 0 Å². The Morgan fingerprint density at radius 2 is 1.31 bits per heavy atom. The zero-order valence-electron chi connectivity index (χ0n) is 18.5. The van der Waals surface area contributed by atoms with E-state index in [1.165, 1.54) is 6.26 Å². The minimum Gasteiger partial charge on any atom is -0.224 e. The van der Waals surface area contributed by atoms with Gasteiger partial charge < -0.3 is 0 Å². The van der Waals surface area contributed by atoms with E-state index in [2.05, 4.69) is 10.2 Å². The molecule has 0 spiro atoms. The van der Waals surface area contributed by atoms with E-state index in [-0.39, 0.29) is 0 Å². The van der Waals surface area contributed by atoms with Gasteiger partial charge in [-0.2, -0.15) is 10.2 Å². The van der Waals surface area contributed by atoms with Crippen LogP contribution in [0.4, 0.5) is 0 Å². The summed E-state index contributed by atoms with van der Waals surface area (Å²) in [6, 6.07) is 6.83. The second-order valence-corrected chi connectivity index (χ2v) is 6.69. The summed E-state index contributed by atoms with van der Waals surface area (Å²) < 4.78 is 22.8. The molecular formula is C21H38N2O2S. The van der Waals surface area contributed by atoms with E-state index in [1.807, 2.05) is 68.4 Å². The van der Waals surface area contributed by atoms with Gasteiger partial charge in [0, 0.05) is 13.3 Å². The van der Waals surface area contributed by atoms with Crippen LogP contribution in [0.25, 0.3) is 6.08 Å². The van der Waals surface area contributed by atoms with Crippen molar-refractivity contribution in [3.63, 3.8) is 0 Å². The predicted molar refractivity (Wildman–Crippen MR) is 116 cm³/mol. The standard InChI is InChI=1S/C15H20N2O2S.3C2H6/c1-11(12(2)13(3)17-16-4)10-14-6-8-15(9-7-14)20(5,18)19;3*1-2/h6-10H,1-5H3;3*1-2H3/b11-10+,13-12-,17-16?;;;. The van der Waals surface area contributed by atoms with E-state index < -0.39 is 9.84 Å². The van der Waals surface area contributed by atoms with Crippen LogP contribution in [0.15, 0.2) is 56.2 Å². The topological polar surface area (TPSA) is 58.9 Å². The third-order valence-corrected chi connectivity index (χ3v) is 4.20. The molecule has 0 N–H and O–H groups in total. The lowest BCUT2D eigenvalue weighted by Crippen LogP contribution is -1.96. The minimum absolute atomic E-state index is 0.329. The number of azo groups is 1. The first-order chi connectivity index (χ1) is 12.3. The summed E-state index contributed by atoms with van der Waals surface area (Å²) in [5, 5.41) is 7.78. The molecule has 0 amide bonds. The number of rotatable bonds is 4. The van der Waals surface area contributed by atoms with Crippen LogP contribution in [0.5, 0.6) is 0 Å². The van der Waals surface area contributed by atoms with Gasteiger partial charge in [0.2, 0.25) is 0 Å². The molecule has 5 heteroatoms. The quantitative estimate of drug-likeness (QED) is 0.418. The second-order valence-electron chi connectivity index (χ2n) is 4.68. The Balaban J connectivity index is -0.000000795. The van der Waals surface area contributed by atoms with Gasteiger partial charge in [0.15, 0.2) is 9.84 Å². The second kappa shape index (κ2) is 16.7. The van der Waals surface area contributed by atoms with Crippen LogP contribution in [0.1, 0.15) is 67.9 Å². The van der Waals surface area contributed by atoms with Gasteiger partial charge in [-0.1, -0.05) is 59.8 Å². The molecule has 0 aromatic heterocycles. The van der Waals surface area contributed by atoms with Crippen LogP contribution in [0.3, 0.4) is 0 Å². The minimum atomic E-state index is -3.14. The summed E-state index contributed by atoms with van der Waals surface area (Å²) >= 11 is 0. The van der Waals surface area contributed by atoms with Gasteiger partial charge in [0.25, 0.3) is 0 Å². The van der Waals surface area contributed by atoms with Crippen molar-refractivity contribution in [1.29, 1.82) is 0 Å². The van der Waals surface area contributed by atoms with Gasteiger partial charge in [-0.15, -0.1) is 0 Å². The van der Waals surface area contributed by atoms with Crippen molar-refractivity contribution in [1.82, 2.24) is 0 Å². The first-order valence-electron chi connectivity index (χ1n) is 9.22. The molecule has 0 aliphatic carbocycles. The Hall–Kier alpha value is -1.75. The summed E-state index contributed by atoms with van der Waals surface area (Å²) in [7, 11) is -1.50. The number of allylic oxidation sites excluding steroid dienone is 3. The number of sulfone groups is 1. The third-order valence-electron chi connectivity index (χ3n) is 3.08. The van der Waals surface area contributed by atoms with Crippen LogP contribution in [0.2, 0.25) is 0 Å². The Morgan fingerprint density at radius 3 is 1.65 bits per heavy atom. The largest absolute Gasteiger partial charge is 0.224 e. The highest BCUT2D eigenvalue weighted by atomic mass is 32.2. The van der Waals surface area contributed by atoms with Gasteiger partial charge in [-0.05, 0) is 49.6 Å². The van der Waals surface area contributed by atoms with Crippen LogP contribution < -0.4 is 0 Å². The average Bonchev–Trinajstić information content (AvgIpc) is 2.66. The molecule has 0 aliphatic heterocycles. The molecule has 4 nitrogen and oxygen atoms in total. The summed E-state index contributed by atoms with van der Waals surface area (Å²) in [4.78, 5) is 0.329. The number of nitrogens with zero attached hydrogens (tertiary/aromatic N) is 2. The molecule has 0 saturated heterocycles. The SMILES string of the molecule is CC.CC.CC.CN=N/C(C)=C(C)\C(C)=C\c1ccc(S(C)(=O)=O)cc1. The molecule has 0 atom stereocenters. The highest BCUT2D eigenvalue weighted by Crippen LogP contribution is 2.19. The molecule has 0 fully saturated rings. The maximum atomic E-state index is 11.4. The van der Waals surface area contributed by atoms with E-state index in [0.717, 1.165) is 22.4 Å². The third kappa shape index (κ3) is 11.7. The van der Waals surface area contributed by atoms with E-state index in [9.17, 15) is 8.42 Å². The van der Waals surface area contributed by atoms with Crippen molar-refractivity contribution in [2.75, 3.05) is 13.3 Å². The van der Waals surface area contributed by atoms with Crippen molar-refractivity contribution in [2.24, 2.45) is 10.2 Å². The fourth-order valence-corrected chi connectivity index (χ4v) is 2.31. The van der Waals surface area contributed by atoms with Crippen LogP contribution in [-0.4, -0.2) is 21.7 Å². The highest BCUT2D eigenvalue weighted by molar-refractivity contribution is 7.90. The molecule has 26 heavy (non-hydrogen) atoms. The number of benzene rings is 1. The van der Waals surface area contributed by atoms with E-state index in [1.54, 1.807) is 31.3 Å². The summed E-state index contributed by atoms with van der Waals surface area (Å²) in [5.74, 6) is 0. The van der Waals surface area contributed by atoms with Crippen LogP contribution >= 0.6 is 0 Å². The lowest BCUT2D eigenvalue weighted by atomic mass is 10.0. The monoisotopic (exact) mass is 382 g/mol. The molecule has 1 rings (SSSR count). The van der Waals surface area contributed by atoms with E-state index >= 15 is 0 Å². The maximum absolute atomic E-state index is 11.4. The fraction of sp³-hybridized carbons (Fsp3) is 0.524. The Kier molecular flexibility index (Phi) is 18.7. The summed E-state index contributed by atoms with van der Waals surface area (Å²) in [6.45, 7) is 17.9. The predicted octanol–water partition coefficient (Wildman–Crippen LogP) is 6.95. The fourth-order valence-electron chi connectivity index (χ4n) is 1.68. The molecule has 0 bridgehead atoms. The lowest BCUT2D eigenvalue weighted by molar-refractivity contribution is 0.602. The first kappa shape index (κ1) is 29.0. The highest BCUT2D eigenvalue weighted by Gasteiger charge is 2.05. The van der Waals surface area contributed by atoms with Crippen molar-refractivity contribution in [3.8, 4) is 0 Å².